The van der Waals surface area contributed by atoms with Crippen LogP contribution in [0.15, 0.2) is 42.5 Å². The minimum absolute atomic E-state index is 0.281. The van der Waals surface area contributed by atoms with E-state index in [-0.39, 0.29) is 12.7 Å². The molecule has 1 fully saturated rings. The van der Waals surface area contributed by atoms with E-state index in [9.17, 15) is 10.2 Å². The van der Waals surface area contributed by atoms with Crippen LogP contribution in [-0.4, -0.2) is 53.6 Å². The van der Waals surface area contributed by atoms with Crippen molar-refractivity contribution in [3.63, 3.8) is 0 Å². The maximum atomic E-state index is 10.3. The van der Waals surface area contributed by atoms with Gasteiger partial charge >= 0.3 is 0 Å². The number of hydrogen-bond donors (Lipinski definition) is 2. The zero-order chi connectivity index (χ0) is 16.9. The number of aliphatic hydroxyl groups excluding tert-OH is 2. The lowest BCUT2D eigenvalue weighted by Gasteiger charge is -2.35. The van der Waals surface area contributed by atoms with Gasteiger partial charge in [0.05, 0.1) is 6.10 Å². The van der Waals surface area contributed by atoms with E-state index < -0.39 is 6.10 Å². The first-order chi connectivity index (χ1) is 11.6. The highest BCUT2D eigenvalue weighted by molar-refractivity contribution is 5.88. The van der Waals surface area contributed by atoms with E-state index >= 15 is 0 Å². The van der Waals surface area contributed by atoms with Crippen LogP contribution in [0.1, 0.15) is 19.8 Å². The molecule has 0 amide bonds. The van der Waals surface area contributed by atoms with Gasteiger partial charge in [0.1, 0.15) is 18.5 Å². The van der Waals surface area contributed by atoms with Crippen molar-refractivity contribution in [1.29, 1.82) is 0 Å². The molecule has 2 N–H and O–H groups in total. The van der Waals surface area contributed by atoms with Gasteiger partial charge in [-0.1, -0.05) is 36.4 Å². The third kappa shape index (κ3) is 4.26. The van der Waals surface area contributed by atoms with Gasteiger partial charge in [-0.3, -0.25) is 0 Å². The normalized spacial score (nSPS) is 21.5. The summed E-state index contributed by atoms with van der Waals surface area (Å²) < 4.78 is 5.87. The molecule has 4 heteroatoms. The van der Waals surface area contributed by atoms with Crippen LogP contribution in [0.3, 0.4) is 0 Å². The third-order valence-corrected chi connectivity index (χ3v) is 4.87. The summed E-state index contributed by atoms with van der Waals surface area (Å²) in [5.41, 5.74) is 0. The number of benzene rings is 2. The number of piperidine rings is 1. The predicted octanol–water partition coefficient (Wildman–Crippen LogP) is 2.67. The minimum atomic E-state index is -0.531. The lowest BCUT2D eigenvalue weighted by atomic mass is 9.93. The number of ether oxygens (including phenoxy) is 1. The van der Waals surface area contributed by atoms with Crippen LogP contribution in [0.4, 0.5) is 0 Å². The lowest BCUT2D eigenvalue weighted by Crippen LogP contribution is -2.44. The van der Waals surface area contributed by atoms with E-state index in [0.717, 1.165) is 42.5 Å². The van der Waals surface area contributed by atoms with E-state index in [2.05, 4.69) is 17.0 Å². The number of β-amino-alcohol motifs (C(OH)–C–C–N with tert-alkyl or cyclic N) is 1. The summed E-state index contributed by atoms with van der Waals surface area (Å²) in [4.78, 5) is 2.23. The summed E-state index contributed by atoms with van der Waals surface area (Å²) >= 11 is 0. The number of hydrogen-bond acceptors (Lipinski definition) is 4. The van der Waals surface area contributed by atoms with E-state index in [1.54, 1.807) is 0 Å². The fraction of sp³-hybridized carbons (Fsp3) is 0.500. The van der Waals surface area contributed by atoms with E-state index in [4.69, 9.17) is 4.74 Å². The molecule has 0 aromatic heterocycles. The van der Waals surface area contributed by atoms with E-state index in [0.29, 0.717) is 12.5 Å². The second-order valence-electron chi connectivity index (χ2n) is 6.84. The monoisotopic (exact) mass is 329 g/mol. The van der Waals surface area contributed by atoms with Gasteiger partial charge in [-0.15, -0.1) is 0 Å². The SMILES string of the molecule is CC(O)C1CCCN(CC(O)COc2cccc3ccccc23)C1. The third-order valence-electron chi connectivity index (χ3n) is 4.87. The molecule has 0 bridgehead atoms. The zero-order valence-corrected chi connectivity index (χ0v) is 14.3. The predicted molar refractivity (Wildman–Crippen MR) is 96.3 cm³/mol. The summed E-state index contributed by atoms with van der Waals surface area (Å²) in [5.74, 6) is 1.12. The highest BCUT2D eigenvalue weighted by Gasteiger charge is 2.24. The molecule has 1 aliphatic heterocycles. The highest BCUT2D eigenvalue weighted by Crippen LogP contribution is 2.25. The van der Waals surface area contributed by atoms with Crippen LogP contribution >= 0.6 is 0 Å². The first-order valence-electron chi connectivity index (χ1n) is 8.82. The van der Waals surface area contributed by atoms with Gasteiger partial charge in [0.15, 0.2) is 0 Å². The summed E-state index contributed by atoms with van der Waals surface area (Å²) in [6, 6.07) is 14.1. The maximum Gasteiger partial charge on any atom is 0.127 e. The molecule has 130 valence electrons. The molecule has 1 heterocycles. The topological polar surface area (TPSA) is 52.9 Å². The average molecular weight is 329 g/mol. The lowest BCUT2D eigenvalue weighted by molar-refractivity contribution is 0.0246. The second-order valence-corrected chi connectivity index (χ2v) is 6.84. The minimum Gasteiger partial charge on any atom is -0.490 e. The average Bonchev–Trinajstić information content (AvgIpc) is 2.60. The Balaban J connectivity index is 1.54. The Morgan fingerprint density at radius 3 is 2.79 bits per heavy atom. The summed E-state index contributed by atoms with van der Waals surface area (Å²) in [5, 5.41) is 22.3. The van der Waals surface area contributed by atoms with E-state index in [1.807, 2.05) is 37.3 Å². The second kappa shape index (κ2) is 7.97. The van der Waals surface area contributed by atoms with Crippen molar-refractivity contribution in [2.75, 3.05) is 26.2 Å². The van der Waals surface area contributed by atoms with Crippen LogP contribution < -0.4 is 4.74 Å². The fourth-order valence-corrected chi connectivity index (χ4v) is 3.51. The van der Waals surface area contributed by atoms with Crippen molar-refractivity contribution < 1.29 is 14.9 Å². The molecule has 2 aromatic carbocycles. The summed E-state index contributed by atoms with van der Waals surface area (Å²) in [7, 11) is 0. The molecule has 3 atom stereocenters. The molecule has 0 aliphatic carbocycles. The van der Waals surface area contributed by atoms with Crippen molar-refractivity contribution in [2.45, 2.75) is 32.0 Å². The number of nitrogens with zero attached hydrogens (tertiary/aromatic N) is 1. The van der Waals surface area contributed by atoms with Crippen molar-refractivity contribution in [1.82, 2.24) is 4.90 Å². The number of rotatable bonds is 6. The molecular weight excluding hydrogens is 302 g/mol. The van der Waals surface area contributed by atoms with Crippen LogP contribution in [-0.2, 0) is 0 Å². The first kappa shape index (κ1) is 17.2. The van der Waals surface area contributed by atoms with Crippen molar-refractivity contribution in [3.8, 4) is 5.75 Å². The highest BCUT2D eigenvalue weighted by atomic mass is 16.5. The van der Waals surface area contributed by atoms with Gasteiger partial charge in [-0.05, 0) is 43.7 Å². The standard InChI is InChI=1S/C20H27NO3/c1-15(22)17-8-5-11-21(12-17)13-18(23)14-24-20-10-4-7-16-6-2-3-9-19(16)20/h2-4,6-7,9-10,15,17-18,22-23H,5,8,11-14H2,1H3. The van der Waals surface area contributed by atoms with Gasteiger partial charge in [-0.2, -0.15) is 0 Å². The fourth-order valence-electron chi connectivity index (χ4n) is 3.51. The van der Waals surface area contributed by atoms with Crippen molar-refractivity contribution in [3.05, 3.63) is 42.5 Å². The molecule has 1 aliphatic rings. The van der Waals surface area contributed by atoms with E-state index in [1.165, 1.54) is 0 Å². The molecule has 3 unspecified atom stereocenters. The Morgan fingerprint density at radius 2 is 1.96 bits per heavy atom. The Hall–Kier alpha value is -1.62. The molecule has 0 saturated carbocycles. The maximum absolute atomic E-state index is 10.3. The van der Waals surface area contributed by atoms with Crippen LogP contribution in [0.2, 0.25) is 0 Å². The number of aliphatic hydroxyl groups is 2. The molecule has 1 saturated heterocycles. The van der Waals surface area contributed by atoms with Gasteiger partial charge in [0.25, 0.3) is 0 Å². The Kier molecular flexibility index (Phi) is 5.72. The first-order valence-corrected chi connectivity index (χ1v) is 8.82. The Bertz CT molecular complexity index is 653. The summed E-state index contributed by atoms with van der Waals surface area (Å²) in [6.45, 7) is 4.56. The zero-order valence-electron chi connectivity index (χ0n) is 14.3. The van der Waals surface area contributed by atoms with Gasteiger partial charge in [-0.25, -0.2) is 0 Å². The Morgan fingerprint density at radius 1 is 1.17 bits per heavy atom. The smallest absolute Gasteiger partial charge is 0.127 e. The van der Waals surface area contributed by atoms with Crippen LogP contribution in [0, 0.1) is 5.92 Å². The molecule has 0 radical (unpaired) electrons. The molecule has 4 nitrogen and oxygen atoms in total. The van der Waals surface area contributed by atoms with Crippen LogP contribution in [0.25, 0.3) is 10.8 Å². The number of likely N-dealkylation sites (tertiary alicyclic amines) is 1. The largest absolute Gasteiger partial charge is 0.490 e. The van der Waals surface area contributed by atoms with Crippen molar-refractivity contribution in [2.24, 2.45) is 5.92 Å². The Labute approximate surface area is 143 Å². The van der Waals surface area contributed by atoms with Crippen LogP contribution in [0.5, 0.6) is 5.75 Å². The molecule has 2 aromatic rings. The van der Waals surface area contributed by atoms with Gasteiger partial charge in [0.2, 0.25) is 0 Å². The van der Waals surface area contributed by atoms with Gasteiger partial charge in [0, 0.05) is 18.5 Å². The molecular formula is C20H27NO3. The quantitative estimate of drug-likeness (QED) is 0.855. The molecule has 24 heavy (non-hydrogen) atoms. The van der Waals surface area contributed by atoms with Gasteiger partial charge < -0.3 is 19.8 Å². The number of fused-ring (bicyclic) bond motifs is 1. The summed E-state index contributed by atoms with van der Waals surface area (Å²) in [6.07, 6.45) is 1.33. The molecule has 3 rings (SSSR count). The van der Waals surface area contributed by atoms with Crippen molar-refractivity contribution >= 4 is 10.8 Å². The molecule has 0 spiro atoms.